The molecule has 0 rings (SSSR count). The minimum absolute atomic E-state index is 0.152. The molecule has 0 aromatic heterocycles. The average molecular weight is 186 g/mol. The number of ether oxygens (including phenoxy) is 1. The second kappa shape index (κ2) is 7.10. The van der Waals surface area contributed by atoms with E-state index in [1.165, 1.54) is 6.42 Å². The van der Waals surface area contributed by atoms with Crippen molar-refractivity contribution in [3.63, 3.8) is 0 Å². The number of carbonyl (C=O) groups is 1. The standard InChI is InChI=1S/C9H18O2Si/c1-3-4-5-6-8(2)9(10)11-7-12/h6H,3-5,7H2,1-2,12H3. The lowest BCUT2D eigenvalue weighted by molar-refractivity contribution is -0.137. The van der Waals surface area contributed by atoms with E-state index in [1.807, 2.05) is 13.0 Å². The summed E-state index contributed by atoms with van der Waals surface area (Å²) in [4.78, 5) is 11.1. The first-order valence-corrected chi connectivity index (χ1v) is 5.97. The van der Waals surface area contributed by atoms with Crippen LogP contribution < -0.4 is 0 Å². The molecule has 0 N–H and O–H groups in total. The molecule has 0 spiro atoms. The molecular weight excluding hydrogens is 168 g/mol. The van der Waals surface area contributed by atoms with Gasteiger partial charge in [0.1, 0.15) is 0 Å². The van der Waals surface area contributed by atoms with Gasteiger partial charge in [0.15, 0.2) is 0 Å². The Morgan fingerprint density at radius 1 is 1.58 bits per heavy atom. The van der Waals surface area contributed by atoms with Gasteiger partial charge < -0.3 is 4.74 Å². The number of esters is 1. The van der Waals surface area contributed by atoms with E-state index in [0.717, 1.165) is 28.7 Å². The van der Waals surface area contributed by atoms with Crippen molar-refractivity contribution in [2.24, 2.45) is 0 Å². The number of hydrogen-bond donors (Lipinski definition) is 0. The van der Waals surface area contributed by atoms with E-state index in [0.29, 0.717) is 6.23 Å². The van der Waals surface area contributed by atoms with Gasteiger partial charge in [-0.05, 0) is 13.3 Å². The van der Waals surface area contributed by atoms with Gasteiger partial charge in [0, 0.05) is 5.57 Å². The molecule has 0 radical (unpaired) electrons. The first kappa shape index (κ1) is 11.4. The van der Waals surface area contributed by atoms with Crippen LogP contribution in [0.25, 0.3) is 0 Å². The summed E-state index contributed by atoms with van der Waals surface area (Å²) in [5.41, 5.74) is 0.749. The molecule has 0 aliphatic carbocycles. The maximum atomic E-state index is 11.1. The highest BCUT2D eigenvalue weighted by Gasteiger charge is 2.02. The van der Waals surface area contributed by atoms with E-state index >= 15 is 0 Å². The van der Waals surface area contributed by atoms with Crippen LogP contribution >= 0.6 is 0 Å². The van der Waals surface area contributed by atoms with Gasteiger partial charge in [-0.15, -0.1) is 0 Å². The highest BCUT2D eigenvalue weighted by Crippen LogP contribution is 2.02. The predicted molar refractivity (Wildman–Crippen MR) is 54.2 cm³/mol. The smallest absolute Gasteiger partial charge is 0.333 e. The van der Waals surface area contributed by atoms with Crippen LogP contribution in [0.4, 0.5) is 0 Å². The largest absolute Gasteiger partial charge is 0.467 e. The fourth-order valence-corrected chi connectivity index (χ4v) is 1.11. The molecule has 0 aromatic carbocycles. The lowest BCUT2D eigenvalue weighted by atomic mass is 10.2. The molecule has 0 saturated heterocycles. The number of rotatable bonds is 5. The summed E-state index contributed by atoms with van der Waals surface area (Å²) in [6.07, 6.45) is 5.85. The number of hydrogen-bond acceptors (Lipinski definition) is 2. The maximum absolute atomic E-state index is 11.1. The lowest BCUT2D eigenvalue weighted by Gasteiger charge is -2.00. The predicted octanol–water partition coefficient (Wildman–Crippen LogP) is 0.989. The normalized spacial score (nSPS) is 11.7. The molecule has 2 nitrogen and oxygen atoms in total. The van der Waals surface area contributed by atoms with Crippen molar-refractivity contribution in [2.45, 2.75) is 33.1 Å². The zero-order valence-corrected chi connectivity index (χ0v) is 10.2. The Bertz CT molecular complexity index is 164. The first-order chi connectivity index (χ1) is 5.72. The van der Waals surface area contributed by atoms with Crippen LogP contribution in [-0.4, -0.2) is 22.4 Å². The van der Waals surface area contributed by atoms with Crippen molar-refractivity contribution in [2.75, 3.05) is 6.23 Å². The Balaban J connectivity index is 3.74. The van der Waals surface area contributed by atoms with Gasteiger partial charge in [0.05, 0.1) is 16.5 Å². The van der Waals surface area contributed by atoms with Gasteiger partial charge in [-0.3, -0.25) is 0 Å². The topological polar surface area (TPSA) is 26.3 Å². The molecule has 0 saturated carbocycles. The Hall–Kier alpha value is -0.573. The lowest BCUT2D eigenvalue weighted by Crippen LogP contribution is -2.06. The molecule has 0 aliphatic heterocycles. The monoisotopic (exact) mass is 186 g/mol. The molecule has 0 heterocycles. The van der Waals surface area contributed by atoms with E-state index < -0.39 is 0 Å². The summed E-state index contributed by atoms with van der Waals surface area (Å²) in [7, 11) is 0.918. The summed E-state index contributed by atoms with van der Waals surface area (Å²) in [6.45, 7) is 3.95. The molecule has 0 amide bonds. The summed E-state index contributed by atoms with van der Waals surface area (Å²) in [5, 5.41) is 0. The van der Waals surface area contributed by atoms with Crippen LogP contribution in [0.2, 0.25) is 0 Å². The van der Waals surface area contributed by atoms with E-state index in [4.69, 9.17) is 4.74 Å². The van der Waals surface area contributed by atoms with Crippen molar-refractivity contribution in [1.29, 1.82) is 0 Å². The number of carbonyl (C=O) groups excluding carboxylic acids is 1. The van der Waals surface area contributed by atoms with Gasteiger partial charge in [-0.2, -0.15) is 0 Å². The van der Waals surface area contributed by atoms with Crippen LogP contribution in [0.15, 0.2) is 11.6 Å². The van der Waals surface area contributed by atoms with E-state index in [1.54, 1.807) is 0 Å². The molecule has 0 aliphatic rings. The second-order valence-corrected chi connectivity index (χ2v) is 3.33. The minimum atomic E-state index is -0.152. The molecule has 12 heavy (non-hydrogen) atoms. The third kappa shape index (κ3) is 5.13. The van der Waals surface area contributed by atoms with E-state index in [2.05, 4.69) is 6.92 Å². The van der Waals surface area contributed by atoms with Crippen molar-refractivity contribution < 1.29 is 9.53 Å². The van der Waals surface area contributed by atoms with Crippen LogP contribution in [0.3, 0.4) is 0 Å². The number of allylic oxidation sites excluding steroid dienone is 1. The van der Waals surface area contributed by atoms with Gasteiger partial charge in [0.2, 0.25) is 0 Å². The summed E-state index contributed by atoms with van der Waals surface area (Å²) in [6, 6.07) is 0. The highest BCUT2D eigenvalue weighted by atomic mass is 28.1. The van der Waals surface area contributed by atoms with Gasteiger partial charge in [-0.25, -0.2) is 4.79 Å². The second-order valence-electron chi connectivity index (χ2n) is 2.75. The molecule has 0 atom stereocenters. The minimum Gasteiger partial charge on any atom is -0.467 e. The van der Waals surface area contributed by atoms with E-state index in [9.17, 15) is 4.79 Å². The van der Waals surface area contributed by atoms with Crippen LogP contribution in [-0.2, 0) is 9.53 Å². The van der Waals surface area contributed by atoms with Crippen molar-refractivity contribution in [1.82, 2.24) is 0 Å². The molecule has 0 fully saturated rings. The Labute approximate surface area is 77.4 Å². The quantitative estimate of drug-likeness (QED) is 0.277. The first-order valence-electron chi connectivity index (χ1n) is 4.56. The highest BCUT2D eigenvalue weighted by molar-refractivity contribution is 6.09. The van der Waals surface area contributed by atoms with Crippen LogP contribution in [0, 0.1) is 0 Å². The average Bonchev–Trinajstić information content (AvgIpc) is 2.05. The summed E-state index contributed by atoms with van der Waals surface area (Å²) >= 11 is 0. The fourth-order valence-electron chi connectivity index (χ4n) is 0.851. The summed E-state index contributed by atoms with van der Waals surface area (Å²) < 4.78 is 4.89. The Morgan fingerprint density at radius 2 is 2.25 bits per heavy atom. The molecule has 0 bridgehead atoms. The Morgan fingerprint density at radius 3 is 2.75 bits per heavy atom. The molecular formula is C9H18O2Si. The third-order valence-electron chi connectivity index (χ3n) is 1.61. The van der Waals surface area contributed by atoms with Crippen molar-refractivity contribution in [3.05, 3.63) is 11.6 Å². The van der Waals surface area contributed by atoms with Crippen molar-refractivity contribution >= 4 is 16.2 Å². The molecule has 3 heteroatoms. The van der Waals surface area contributed by atoms with Crippen molar-refractivity contribution in [3.8, 4) is 0 Å². The Kier molecular flexibility index (Phi) is 6.76. The zero-order valence-electron chi connectivity index (χ0n) is 8.22. The van der Waals surface area contributed by atoms with Gasteiger partial charge in [0.25, 0.3) is 0 Å². The van der Waals surface area contributed by atoms with E-state index in [-0.39, 0.29) is 5.97 Å². The molecule has 0 unspecified atom stereocenters. The van der Waals surface area contributed by atoms with Gasteiger partial charge >= 0.3 is 5.97 Å². The third-order valence-corrected chi connectivity index (χ3v) is 1.89. The summed E-state index contributed by atoms with van der Waals surface area (Å²) in [5.74, 6) is -0.152. The SMILES string of the molecule is CCCCC=C(C)C(=O)OC[SiH3]. The van der Waals surface area contributed by atoms with Crippen LogP contribution in [0.1, 0.15) is 33.1 Å². The fraction of sp³-hybridized carbons (Fsp3) is 0.667. The zero-order chi connectivity index (χ0) is 9.40. The maximum Gasteiger partial charge on any atom is 0.333 e. The number of unbranched alkanes of at least 4 members (excludes halogenated alkanes) is 2. The molecule has 70 valence electrons. The van der Waals surface area contributed by atoms with Gasteiger partial charge in [-0.1, -0.05) is 25.8 Å². The molecule has 0 aromatic rings. The van der Waals surface area contributed by atoms with Crippen LogP contribution in [0.5, 0.6) is 0 Å².